The van der Waals surface area contributed by atoms with Gasteiger partial charge in [0.25, 0.3) is 5.69 Å². The quantitative estimate of drug-likeness (QED) is 0.486. The van der Waals surface area contributed by atoms with Gasteiger partial charge in [-0.2, -0.15) is 5.26 Å². The number of aryl methyl sites for hydroxylation is 1. The molecule has 2 rings (SSSR count). The molecular formula is C13H9N3O2S. The molecule has 0 saturated carbocycles. The van der Waals surface area contributed by atoms with Crippen LogP contribution in [0, 0.1) is 28.4 Å². The van der Waals surface area contributed by atoms with E-state index in [2.05, 4.69) is 4.98 Å². The van der Waals surface area contributed by atoms with Crippen LogP contribution in [0.3, 0.4) is 0 Å². The maximum Gasteiger partial charge on any atom is 0.276 e. The lowest BCUT2D eigenvalue weighted by molar-refractivity contribution is -0.385. The van der Waals surface area contributed by atoms with E-state index >= 15 is 0 Å². The van der Waals surface area contributed by atoms with Crippen LogP contribution in [0.1, 0.15) is 16.3 Å². The van der Waals surface area contributed by atoms with Gasteiger partial charge >= 0.3 is 0 Å². The van der Waals surface area contributed by atoms with Crippen molar-refractivity contribution in [1.29, 1.82) is 5.26 Å². The first-order valence-corrected chi connectivity index (χ1v) is 6.27. The zero-order valence-corrected chi connectivity index (χ0v) is 10.8. The summed E-state index contributed by atoms with van der Waals surface area (Å²) in [7, 11) is 0. The molecule has 6 heteroatoms. The second-order valence-corrected chi connectivity index (χ2v) is 4.64. The molecule has 19 heavy (non-hydrogen) atoms. The maximum absolute atomic E-state index is 10.9. The Balaban J connectivity index is 2.50. The molecular weight excluding hydrogens is 262 g/mol. The van der Waals surface area contributed by atoms with E-state index in [0.29, 0.717) is 16.1 Å². The van der Waals surface area contributed by atoms with Crippen molar-refractivity contribution in [3.63, 3.8) is 0 Å². The van der Waals surface area contributed by atoms with Gasteiger partial charge in [0.15, 0.2) is 0 Å². The van der Waals surface area contributed by atoms with Crippen LogP contribution in [0.4, 0.5) is 5.69 Å². The molecule has 0 saturated heterocycles. The number of para-hydroxylation sites is 1. The molecule has 0 bridgehead atoms. The Bertz CT molecular complexity index is 698. The summed E-state index contributed by atoms with van der Waals surface area (Å²) in [5, 5.41) is 22.5. The fourth-order valence-electron chi connectivity index (χ4n) is 1.55. The second-order valence-electron chi connectivity index (χ2n) is 3.78. The summed E-state index contributed by atoms with van der Waals surface area (Å²) in [5.41, 5.74) is 1.52. The average Bonchev–Trinajstić information content (AvgIpc) is 2.82. The molecule has 1 heterocycles. The molecule has 5 nitrogen and oxygen atoms in total. The highest BCUT2D eigenvalue weighted by Crippen LogP contribution is 2.25. The molecule has 2 aromatic rings. The predicted molar refractivity (Wildman–Crippen MR) is 73.4 cm³/mol. The second kappa shape index (κ2) is 5.42. The molecule has 0 atom stereocenters. The van der Waals surface area contributed by atoms with Gasteiger partial charge in [-0.15, -0.1) is 11.3 Å². The number of allylic oxidation sites excluding steroid dienone is 1. The molecule has 0 fully saturated rings. The van der Waals surface area contributed by atoms with Gasteiger partial charge in [-0.05, 0) is 19.1 Å². The summed E-state index contributed by atoms with van der Waals surface area (Å²) >= 11 is 1.34. The smallest absolute Gasteiger partial charge is 0.258 e. The highest BCUT2D eigenvalue weighted by molar-refractivity contribution is 7.11. The van der Waals surface area contributed by atoms with Gasteiger partial charge in [0.05, 0.1) is 16.1 Å². The first kappa shape index (κ1) is 12.9. The molecule has 0 aliphatic rings. The zero-order valence-electron chi connectivity index (χ0n) is 10.0. The van der Waals surface area contributed by atoms with Crippen molar-refractivity contribution in [2.75, 3.05) is 0 Å². The third-order valence-corrected chi connectivity index (χ3v) is 3.40. The van der Waals surface area contributed by atoms with Gasteiger partial charge in [0, 0.05) is 17.1 Å². The van der Waals surface area contributed by atoms with Crippen LogP contribution in [0.25, 0.3) is 11.6 Å². The molecule has 0 spiro atoms. The van der Waals surface area contributed by atoms with Crippen molar-refractivity contribution in [3.05, 3.63) is 56.0 Å². The van der Waals surface area contributed by atoms with Crippen molar-refractivity contribution >= 4 is 28.7 Å². The topological polar surface area (TPSA) is 79.8 Å². The van der Waals surface area contributed by atoms with E-state index < -0.39 is 4.92 Å². The number of aromatic nitrogens is 1. The van der Waals surface area contributed by atoms with Crippen LogP contribution in [0.5, 0.6) is 0 Å². The van der Waals surface area contributed by atoms with Crippen molar-refractivity contribution in [3.8, 4) is 6.07 Å². The van der Waals surface area contributed by atoms with Gasteiger partial charge in [-0.3, -0.25) is 10.1 Å². The number of hydrogen-bond acceptors (Lipinski definition) is 5. The summed E-state index contributed by atoms with van der Waals surface area (Å²) in [6.45, 7) is 1.83. The molecule has 0 amide bonds. The minimum absolute atomic E-state index is 0.0245. The minimum Gasteiger partial charge on any atom is -0.258 e. The van der Waals surface area contributed by atoms with E-state index in [1.54, 1.807) is 18.2 Å². The van der Waals surface area contributed by atoms with Crippen molar-refractivity contribution in [2.24, 2.45) is 0 Å². The summed E-state index contributed by atoms with van der Waals surface area (Å²) in [6.07, 6.45) is 1.50. The lowest BCUT2D eigenvalue weighted by Crippen LogP contribution is -1.91. The van der Waals surface area contributed by atoms with Crippen molar-refractivity contribution in [1.82, 2.24) is 4.98 Å². The van der Waals surface area contributed by atoms with Gasteiger partial charge in [-0.1, -0.05) is 12.1 Å². The third-order valence-electron chi connectivity index (χ3n) is 2.40. The number of nitro groups is 1. The largest absolute Gasteiger partial charge is 0.276 e. The van der Waals surface area contributed by atoms with E-state index in [0.717, 1.165) is 5.69 Å². The fourth-order valence-corrected chi connectivity index (χ4v) is 2.31. The molecule has 1 aromatic carbocycles. The lowest BCUT2D eigenvalue weighted by Gasteiger charge is -1.97. The Hall–Kier alpha value is -2.52. The van der Waals surface area contributed by atoms with Gasteiger partial charge in [-0.25, -0.2) is 4.98 Å². The first-order valence-electron chi connectivity index (χ1n) is 5.39. The minimum atomic E-state index is -0.464. The van der Waals surface area contributed by atoms with E-state index in [-0.39, 0.29) is 5.69 Å². The highest BCUT2D eigenvalue weighted by atomic mass is 32.1. The Kier molecular flexibility index (Phi) is 3.68. The standard InChI is InChI=1S/C13H9N3O2S/c1-9-8-19-13(15-9)11(7-14)6-10-4-2-3-5-12(10)16(17)18/h2-6,8H,1H3/b11-6+. The molecule has 0 N–H and O–H groups in total. The first-order chi connectivity index (χ1) is 9.11. The lowest BCUT2D eigenvalue weighted by atomic mass is 10.1. The molecule has 1 aromatic heterocycles. The number of rotatable bonds is 3. The van der Waals surface area contributed by atoms with E-state index in [9.17, 15) is 10.1 Å². The fraction of sp³-hybridized carbons (Fsp3) is 0.0769. The number of thiazole rings is 1. The number of benzene rings is 1. The molecule has 0 aliphatic carbocycles. The van der Waals surface area contributed by atoms with Gasteiger partial charge in [0.2, 0.25) is 0 Å². The Morgan fingerprint density at radius 2 is 2.26 bits per heavy atom. The monoisotopic (exact) mass is 271 g/mol. The van der Waals surface area contributed by atoms with Crippen molar-refractivity contribution in [2.45, 2.75) is 6.92 Å². The van der Waals surface area contributed by atoms with Crippen molar-refractivity contribution < 1.29 is 4.92 Å². The third kappa shape index (κ3) is 2.84. The number of nitro benzene ring substituents is 1. The summed E-state index contributed by atoms with van der Waals surface area (Å²) < 4.78 is 0. The number of nitrogens with zero attached hydrogens (tertiary/aromatic N) is 3. The zero-order chi connectivity index (χ0) is 13.8. The molecule has 0 aliphatic heterocycles. The Labute approximate surface area is 113 Å². The molecule has 0 unspecified atom stereocenters. The molecule has 94 valence electrons. The number of nitriles is 1. The van der Waals surface area contributed by atoms with Crippen LogP contribution in [-0.4, -0.2) is 9.91 Å². The number of hydrogen-bond donors (Lipinski definition) is 0. The van der Waals surface area contributed by atoms with Crippen LogP contribution < -0.4 is 0 Å². The highest BCUT2D eigenvalue weighted by Gasteiger charge is 2.13. The van der Waals surface area contributed by atoms with E-state index in [4.69, 9.17) is 5.26 Å². The summed E-state index contributed by atoms with van der Waals surface area (Å²) in [4.78, 5) is 14.7. The predicted octanol–water partition coefficient (Wildman–Crippen LogP) is 3.42. The van der Waals surface area contributed by atoms with Crippen LogP contribution in [0.15, 0.2) is 29.6 Å². The average molecular weight is 271 g/mol. The van der Waals surface area contributed by atoms with E-state index in [1.165, 1.54) is 23.5 Å². The Morgan fingerprint density at radius 3 is 2.84 bits per heavy atom. The SMILES string of the molecule is Cc1csc(/C(C#N)=C/c2ccccc2[N+](=O)[O-])n1. The van der Waals surface area contributed by atoms with Crippen LogP contribution in [-0.2, 0) is 0 Å². The molecule has 0 radical (unpaired) electrons. The van der Waals surface area contributed by atoms with Gasteiger partial charge in [0.1, 0.15) is 11.1 Å². The summed E-state index contributed by atoms with van der Waals surface area (Å²) in [6, 6.07) is 8.34. The van der Waals surface area contributed by atoms with E-state index in [1.807, 2.05) is 18.4 Å². The summed E-state index contributed by atoms with van der Waals surface area (Å²) in [5.74, 6) is 0. The normalized spacial score (nSPS) is 11.1. The van der Waals surface area contributed by atoms with Crippen LogP contribution >= 0.6 is 11.3 Å². The maximum atomic E-state index is 10.9. The Morgan fingerprint density at radius 1 is 1.53 bits per heavy atom. The van der Waals surface area contributed by atoms with Gasteiger partial charge < -0.3 is 0 Å². The van der Waals surface area contributed by atoms with Crippen LogP contribution in [0.2, 0.25) is 0 Å².